The first kappa shape index (κ1) is 18.8. The maximum absolute atomic E-state index is 12.9. The highest BCUT2D eigenvalue weighted by molar-refractivity contribution is 5.95. The number of hydrogen-bond acceptors (Lipinski definition) is 5. The lowest BCUT2D eigenvalue weighted by molar-refractivity contribution is -0.126. The predicted octanol–water partition coefficient (Wildman–Crippen LogP) is 1.83. The molecule has 0 radical (unpaired) electrons. The first-order valence-electron chi connectivity index (χ1n) is 9.65. The first-order chi connectivity index (χ1) is 14.2. The molecule has 2 heterocycles. The van der Waals surface area contributed by atoms with Crippen LogP contribution in [0.15, 0.2) is 60.9 Å². The molecule has 0 saturated carbocycles. The molecular weight excluding hydrogens is 368 g/mol. The normalized spacial score (nSPS) is 14.6. The topological polar surface area (TPSA) is 93.0 Å². The summed E-state index contributed by atoms with van der Waals surface area (Å²) in [5.74, 6) is -0.0416. The van der Waals surface area contributed by atoms with Crippen molar-refractivity contribution in [3.05, 3.63) is 72.1 Å². The molecule has 1 aliphatic heterocycles. The summed E-state index contributed by atoms with van der Waals surface area (Å²) in [6.07, 6.45) is 2.82. The molecule has 0 aliphatic carbocycles. The van der Waals surface area contributed by atoms with Crippen molar-refractivity contribution in [1.29, 1.82) is 0 Å². The van der Waals surface area contributed by atoms with Crippen LogP contribution in [0.1, 0.15) is 28.8 Å². The molecule has 8 nitrogen and oxygen atoms in total. The third kappa shape index (κ3) is 4.48. The number of benzene rings is 2. The second-order valence-corrected chi connectivity index (χ2v) is 7.07. The molecule has 0 atom stereocenters. The number of amides is 2. The van der Waals surface area contributed by atoms with E-state index < -0.39 is 0 Å². The molecule has 3 aromatic rings. The van der Waals surface area contributed by atoms with Gasteiger partial charge in [0.25, 0.3) is 5.91 Å². The Kier molecular flexibility index (Phi) is 5.60. The smallest absolute Gasteiger partial charge is 0.253 e. The molecule has 0 bridgehead atoms. The molecular formula is C21H22N6O2. The number of nitrogens with zero attached hydrogens (tertiary/aromatic N) is 5. The van der Waals surface area contributed by atoms with E-state index in [4.69, 9.17) is 0 Å². The predicted molar refractivity (Wildman–Crippen MR) is 106 cm³/mol. The van der Waals surface area contributed by atoms with E-state index in [9.17, 15) is 9.59 Å². The fourth-order valence-electron chi connectivity index (χ4n) is 3.52. The van der Waals surface area contributed by atoms with Crippen molar-refractivity contribution in [2.45, 2.75) is 19.4 Å². The van der Waals surface area contributed by atoms with Gasteiger partial charge in [-0.05, 0) is 47.0 Å². The number of likely N-dealkylation sites (tertiary alicyclic amines) is 1. The fraction of sp³-hybridized carbons (Fsp3) is 0.286. The largest absolute Gasteiger partial charge is 0.352 e. The van der Waals surface area contributed by atoms with Crippen LogP contribution >= 0.6 is 0 Å². The van der Waals surface area contributed by atoms with Gasteiger partial charge in [-0.15, -0.1) is 5.10 Å². The number of carbonyl (C=O) groups is 2. The van der Waals surface area contributed by atoms with Gasteiger partial charge in [0.15, 0.2) is 0 Å². The number of aromatic nitrogens is 4. The van der Waals surface area contributed by atoms with Crippen LogP contribution in [0.5, 0.6) is 0 Å². The Balaban J connectivity index is 1.32. The van der Waals surface area contributed by atoms with E-state index in [1.165, 1.54) is 11.0 Å². The third-order valence-electron chi connectivity index (χ3n) is 5.17. The number of nitrogens with one attached hydrogen (secondary N) is 1. The molecule has 1 saturated heterocycles. The van der Waals surface area contributed by atoms with Gasteiger partial charge < -0.3 is 10.2 Å². The van der Waals surface area contributed by atoms with Crippen LogP contribution < -0.4 is 5.32 Å². The molecule has 29 heavy (non-hydrogen) atoms. The van der Waals surface area contributed by atoms with E-state index in [1.54, 1.807) is 17.0 Å². The van der Waals surface area contributed by atoms with Gasteiger partial charge in [0.1, 0.15) is 6.33 Å². The van der Waals surface area contributed by atoms with Gasteiger partial charge in [0.2, 0.25) is 5.91 Å². The zero-order valence-electron chi connectivity index (χ0n) is 15.9. The highest BCUT2D eigenvalue weighted by atomic mass is 16.2. The van der Waals surface area contributed by atoms with Crippen LogP contribution in [0.25, 0.3) is 5.69 Å². The average Bonchev–Trinajstić information content (AvgIpc) is 3.33. The molecule has 8 heteroatoms. The van der Waals surface area contributed by atoms with E-state index in [-0.39, 0.29) is 17.7 Å². The number of hydrogen-bond donors (Lipinski definition) is 1. The molecule has 0 spiro atoms. The number of piperidine rings is 1. The van der Waals surface area contributed by atoms with Crippen LogP contribution in [0.3, 0.4) is 0 Å². The Bertz CT molecular complexity index is 966. The summed E-state index contributed by atoms with van der Waals surface area (Å²) in [4.78, 5) is 27.1. The van der Waals surface area contributed by atoms with Gasteiger partial charge in [-0.3, -0.25) is 9.59 Å². The molecule has 148 valence electrons. The summed E-state index contributed by atoms with van der Waals surface area (Å²) in [7, 11) is 0. The minimum absolute atomic E-state index is 0.0388. The van der Waals surface area contributed by atoms with Crippen LogP contribution in [-0.2, 0) is 11.3 Å². The van der Waals surface area contributed by atoms with Crippen molar-refractivity contribution in [1.82, 2.24) is 30.4 Å². The second-order valence-electron chi connectivity index (χ2n) is 7.07. The second kappa shape index (κ2) is 8.64. The maximum atomic E-state index is 12.9. The van der Waals surface area contributed by atoms with Gasteiger partial charge in [-0.1, -0.05) is 36.4 Å². The fourth-order valence-corrected chi connectivity index (χ4v) is 3.52. The van der Waals surface area contributed by atoms with Crippen molar-refractivity contribution in [2.24, 2.45) is 5.92 Å². The standard InChI is InChI=1S/C21H22N6O2/c28-20(22-14-16-5-2-1-3-6-16)17-9-11-26(12-10-17)21(29)18-7-4-8-19(13-18)27-15-23-24-25-27/h1-8,13,15,17H,9-12,14H2,(H,22,28). The van der Waals surface area contributed by atoms with E-state index >= 15 is 0 Å². The molecule has 2 aromatic carbocycles. The van der Waals surface area contributed by atoms with E-state index in [2.05, 4.69) is 20.8 Å². The Hall–Kier alpha value is -3.55. The Morgan fingerprint density at radius 1 is 1.03 bits per heavy atom. The third-order valence-corrected chi connectivity index (χ3v) is 5.17. The van der Waals surface area contributed by atoms with Crippen LogP contribution in [-0.4, -0.2) is 50.0 Å². The minimum atomic E-state index is -0.0599. The molecule has 0 unspecified atom stereocenters. The SMILES string of the molecule is O=C(NCc1ccccc1)C1CCN(C(=O)c2cccc(-n3cnnn3)c2)CC1. The van der Waals surface area contributed by atoms with E-state index in [0.717, 1.165) is 11.3 Å². The van der Waals surface area contributed by atoms with Crippen molar-refractivity contribution in [3.63, 3.8) is 0 Å². The Morgan fingerprint density at radius 2 is 1.83 bits per heavy atom. The van der Waals surface area contributed by atoms with Gasteiger partial charge in [0, 0.05) is 31.1 Å². The Morgan fingerprint density at radius 3 is 2.55 bits per heavy atom. The van der Waals surface area contributed by atoms with Crippen molar-refractivity contribution in [2.75, 3.05) is 13.1 Å². The molecule has 1 aromatic heterocycles. The Labute approximate surface area is 168 Å². The summed E-state index contributed by atoms with van der Waals surface area (Å²) in [5.41, 5.74) is 2.40. The number of carbonyl (C=O) groups excluding carboxylic acids is 2. The van der Waals surface area contributed by atoms with Crippen LogP contribution in [0.2, 0.25) is 0 Å². The molecule has 1 aliphatic rings. The highest BCUT2D eigenvalue weighted by Gasteiger charge is 2.27. The summed E-state index contributed by atoms with van der Waals surface area (Å²) < 4.78 is 1.51. The lowest BCUT2D eigenvalue weighted by Crippen LogP contribution is -2.42. The highest BCUT2D eigenvalue weighted by Crippen LogP contribution is 2.20. The van der Waals surface area contributed by atoms with Gasteiger partial charge in [-0.25, -0.2) is 4.68 Å². The lowest BCUT2D eigenvalue weighted by Gasteiger charge is -2.31. The summed E-state index contributed by atoms with van der Waals surface area (Å²) in [6, 6.07) is 17.1. The minimum Gasteiger partial charge on any atom is -0.352 e. The molecule has 4 rings (SSSR count). The summed E-state index contributed by atoms with van der Waals surface area (Å²) in [6.45, 7) is 1.66. The van der Waals surface area contributed by atoms with Gasteiger partial charge in [0.05, 0.1) is 5.69 Å². The quantitative estimate of drug-likeness (QED) is 0.717. The molecule has 1 fully saturated rings. The van der Waals surface area contributed by atoms with Crippen LogP contribution in [0.4, 0.5) is 0 Å². The zero-order chi connectivity index (χ0) is 20.1. The molecule has 2 amide bonds. The van der Waals surface area contributed by atoms with Crippen LogP contribution in [0, 0.1) is 5.92 Å². The zero-order valence-corrected chi connectivity index (χ0v) is 15.9. The van der Waals surface area contributed by atoms with Gasteiger partial charge >= 0.3 is 0 Å². The molecule has 1 N–H and O–H groups in total. The van der Waals surface area contributed by atoms with Crippen molar-refractivity contribution < 1.29 is 9.59 Å². The van der Waals surface area contributed by atoms with Crippen molar-refractivity contribution >= 4 is 11.8 Å². The number of tetrazole rings is 1. The maximum Gasteiger partial charge on any atom is 0.253 e. The van der Waals surface area contributed by atoms with Gasteiger partial charge in [-0.2, -0.15) is 0 Å². The average molecular weight is 390 g/mol. The lowest BCUT2D eigenvalue weighted by atomic mass is 9.95. The number of rotatable bonds is 5. The van der Waals surface area contributed by atoms with Crippen molar-refractivity contribution in [3.8, 4) is 5.69 Å². The monoisotopic (exact) mass is 390 g/mol. The summed E-state index contributed by atoms with van der Waals surface area (Å²) >= 11 is 0. The first-order valence-corrected chi connectivity index (χ1v) is 9.65. The van der Waals surface area contributed by atoms with E-state index in [1.807, 2.05) is 42.5 Å². The summed E-state index contributed by atoms with van der Waals surface area (Å²) in [5, 5.41) is 14.1. The van der Waals surface area contributed by atoms with E-state index in [0.29, 0.717) is 38.0 Å².